The number of aliphatic imine (C=N–C) groups is 1. The van der Waals surface area contributed by atoms with E-state index in [0.29, 0.717) is 13.1 Å². The van der Waals surface area contributed by atoms with E-state index in [1.165, 1.54) is 0 Å². The fraction of sp³-hybridized carbons (Fsp3) is 0.133. The highest BCUT2D eigenvalue weighted by atomic mass is 32.2. The standard InChI is InChI=1S/C15H16N2O2S/c18-20(19)15(16-11-13-7-3-1-4-8-13)17-12-14-9-5-2-6-10-14/h1-10H,11-12H2,(H,16,17)(H,18,19). The van der Waals surface area contributed by atoms with Gasteiger partial charge in [0.05, 0.1) is 6.54 Å². The minimum absolute atomic E-state index is 0.0951. The molecule has 0 saturated carbocycles. The first-order chi connectivity index (χ1) is 9.75. The minimum atomic E-state index is -2.11. The Morgan fingerprint density at radius 3 is 2.10 bits per heavy atom. The molecule has 4 nitrogen and oxygen atoms in total. The third-order valence-corrected chi connectivity index (χ3v) is 3.30. The van der Waals surface area contributed by atoms with Gasteiger partial charge in [-0.15, -0.1) is 0 Å². The maximum atomic E-state index is 11.3. The Labute approximate surface area is 120 Å². The smallest absolute Gasteiger partial charge is 0.222 e. The summed E-state index contributed by atoms with van der Waals surface area (Å²) in [5.41, 5.74) is 2.03. The molecule has 2 aromatic rings. The summed E-state index contributed by atoms with van der Waals surface area (Å²) in [6.07, 6.45) is 0. The molecule has 0 aliphatic carbocycles. The molecule has 1 atom stereocenters. The van der Waals surface area contributed by atoms with E-state index in [1.54, 1.807) is 0 Å². The van der Waals surface area contributed by atoms with Gasteiger partial charge >= 0.3 is 0 Å². The van der Waals surface area contributed by atoms with E-state index in [-0.39, 0.29) is 5.17 Å². The van der Waals surface area contributed by atoms with E-state index < -0.39 is 11.1 Å². The Hall–Kier alpha value is -1.98. The molecular formula is C15H16N2O2S. The van der Waals surface area contributed by atoms with Gasteiger partial charge in [-0.1, -0.05) is 60.7 Å². The second-order valence-electron chi connectivity index (χ2n) is 4.20. The Bertz CT molecular complexity index is 585. The number of rotatable bonds is 4. The SMILES string of the molecule is O=S(O)/C(=N/Cc1ccccc1)NCc1ccccc1. The van der Waals surface area contributed by atoms with Crippen LogP contribution in [0.5, 0.6) is 0 Å². The zero-order valence-corrected chi connectivity index (χ0v) is 11.7. The highest BCUT2D eigenvalue weighted by molar-refractivity contribution is 7.95. The summed E-state index contributed by atoms with van der Waals surface area (Å²) in [5, 5.41) is 3.00. The maximum absolute atomic E-state index is 11.3. The fourth-order valence-corrected chi connectivity index (χ4v) is 2.06. The molecule has 2 aromatic carbocycles. The van der Waals surface area contributed by atoms with E-state index in [1.807, 2.05) is 60.7 Å². The molecule has 5 heteroatoms. The van der Waals surface area contributed by atoms with E-state index in [9.17, 15) is 8.76 Å². The highest BCUT2D eigenvalue weighted by Crippen LogP contribution is 2.02. The normalized spacial score (nSPS) is 12.9. The number of hydrogen-bond donors (Lipinski definition) is 2. The number of hydrogen-bond acceptors (Lipinski definition) is 2. The van der Waals surface area contributed by atoms with Crippen LogP contribution in [-0.4, -0.2) is 13.9 Å². The van der Waals surface area contributed by atoms with E-state index in [2.05, 4.69) is 10.3 Å². The van der Waals surface area contributed by atoms with Gasteiger partial charge in [0, 0.05) is 6.54 Å². The molecule has 0 heterocycles. The van der Waals surface area contributed by atoms with Gasteiger partial charge in [-0.2, -0.15) is 0 Å². The van der Waals surface area contributed by atoms with E-state index in [0.717, 1.165) is 11.1 Å². The second-order valence-corrected chi connectivity index (χ2v) is 5.08. The van der Waals surface area contributed by atoms with Crippen LogP contribution in [0.3, 0.4) is 0 Å². The third kappa shape index (κ3) is 4.60. The lowest BCUT2D eigenvalue weighted by Gasteiger charge is -2.07. The molecular weight excluding hydrogens is 272 g/mol. The predicted molar refractivity (Wildman–Crippen MR) is 81.6 cm³/mol. The van der Waals surface area contributed by atoms with Crippen LogP contribution < -0.4 is 5.32 Å². The van der Waals surface area contributed by atoms with Crippen LogP contribution in [0, 0.1) is 0 Å². The van der Waals surface area contributed by atoms with Crippen molar-refractivity contribution >= 4 is 16.2 Å². The maximum Gasteiger partial charge on any atom is 0.222 e. The molecule has 0 fully saturated rings. The predicted octanol–water partition coefficient (Wildman–Crippen LogP) is 2.55. The lowest BCUT2D eigenvalue weighted by molar-refractivity contribution is 0.575. The van der Waals surface area contributed by atoms with Gasteiger partial charge in [0.1, 0.15) is 0 Å². The van der Waals surface area contributed by atoms with Gasteiger partial charge in [0.25, 0.3) is 0 Å². The van der Waals surface area contributed by atoms with Gasteiger partial charge in [-0.05, 0) is 11.1 Å². The van der Waals surface area contributed by atoms with Crippen LogP contribution in [0.1, 0.15) is 11.1 Å². The summed E-state index contributed by atoms with van der Waals surface area (Å²) in [6.45, 7) is 0.852. The zero-order valence-electron chi connectivity index (χ0n) is 10.9. The molecule has 2 rings (SSSR count). The van der Waals surface area contributed by atoms with Crippen molar-refractivity contribution in [1.82, 2.24) is 5.32 Å². The van der Waals surface area contributed by atoms with E-state index in [4.69, 9.17) is 0 Å². The van der Waals surface area contributed by atoms with Crippen LogP contribution in [0.4, 0.5) is 0 Å². The van der Waals surface area contributed by atoms with Gasteiger partial charge in [0.2, 0.25) is 16.2 Å². The minimum Gasteiger partial charge on any atom is -0.357 e. The number of nitrogens with zero attached hydrogens (tertiary/aromatic N) is 1. The van der Waals surface area contributed by atoms with Crippen molar-refractivity contribution in [3.05, 3.63) is 71.8 Å². The monoisotopic (exact) mass is 288 g/mol. The van der Waals surface area contributed by atoms with Gasteiger partial charge in [-0.25, -0.2) is 4.21 Å². The number of nitrogens with one attached hydrogen (secondary N) is 1. The highest BCUT2D eigenvalue weighted by Gasteiger charge is 2.05. The van der Waals surface area contributed by atoms with Crippen molar-refractivity contribution in [2.75, 3.05) is 0 Å². The molecule has 104 valence electrons. The lowest BCUT2D eigenvalue weighted by atomic mass is 10.2. The first-order valence-corrected chi connectivity index (χ1v) is 7.33. The fourth-order valence-electron chi connectivity index (χ4n) is 1.69. The quantitative estimate of drug-likeness (QED) is 0.516. The number of amidine groups is 1. The summed E-state index contributed by atoms with van der Waals surface area (Å²) in [6, 6.07) is 19.3. The van der Waals surface area contributed by atoms with Crippen LogP contribution >= 0.6 is 0 Å². The summed E-state index contributed by atoms with van der Waals surface area (Å²) in [7, 11) is 0. The molecule has 0 saturated heterocycles. The Morgan fingerprint density at radius 1 is 1.00 bits per heavy atom. The van der Waals surface area contributed by atoms with Crippen LogP contribution in [0.2, 0.25) is 0 Å². The Kier molecular flexibility index (Phi) is 5.46. The van der Waals surface area contributed by atoms with Crippen molar-refractivity contribution < 1.29 is 8.76 Å². The van der Waals surface area contributed by atoms with Crippen LogP contribution in [0.25, 0.3) is 0 Å². The molecule has 20 heavy (non-hydrogen) atoms. The van der Waals surface area contributed by atoms with Crippen LogP contribution in [-0.2, 0) is 24.2 Å². The molecule has 0 aliphatic heterocycles. The van der Waals surface area contributed by atoms with Crippen molar-refractivity contribution in [3.63, 3.8) is 0 Å². The average molecular weight is 288 g/mol. The van der Waals surface area contributed by atoms with Crippen molar-refractivity contribution in [3.8, 4) is 0 Å². The van der Waals surface area contributed by atoms with Gasteiger partial charge in [-0.3, -0.25) is 9.55 Å². The lowest BCUT2D eigenvalue weighted by Crippen LogP contribution is -2.27. The van der Waals surface area contributed by atoms with Crippen LogP contribution in [0.15, 0.2) is 65.7 Å². The summed E-state index contributed by atoms with van der Waals surface area (Å²) >= 11 is -2.11. The summed E-state index contributed by atoms with van der Waals surface area (Å²) in [5.74, 6) is 0. The largest absolute Gasteiger partial charge is 0.357 e. The number of benzene rings is 2. The van der Waals surface area contributed by atoms with Crippen molar-refractivity contribution in [2.45, 2.75) is 13.1 Å². The second kappa shape index (κ2) is 7.57. The third-order valence-electron chi connectivity index (χ3n) is 2.70. The summed E-state index contributed by atoms with van der Waals surface area (Å²) in [4.78, 5) is 4.16. The molecule has 0 spiro atoms. The first kappa shape index (κ1) is 14.4. The van der Waals surface area contributed by atoms with Crippen molar-refractivity contribution in [1.29, 1.82) is 0 Å². The molecule has 1 unspecified atom stereocenters. The average Bonchev–Trinajstić information content (AvgIpc) is 2.49. The van der Waals surface area contributed by atoms with Gasteiger partial charge in [0.15, 0.2) is 0 Å². The molecule has 0 bridgehead atoms. The Balaban J connectivity index is 1.98. The zero-order chi connectivity index (χ0) is 14.2. The summed E-state index contributed by atoms with van der Waals surface area (Å²) < 4.78 is 20.5. The van der Waals surface area contributed by atoms with Gasteiger partial charge < -0.3 is 5.32 Å². The molecule has 0 radical (unpaired) electrons. The molecule has 2 N–H and O–H groups in total. The molecule has 0 aromatic heterocycles. The topological polar surface area (TPSA) is 61.7 Å². The first-order valence-electron chi connectivity index (χ1n) is 6.23. The molecule has 0 aliphatic rings. The Morgan fingerprint density at radius 2 is 1.55 bits per heavy atom. The van der Waals surface area contributed by atoms with Crippen molar-refractivity contribution in [2.24, 2.45) is 4.99 Å². The van der Waals surface area contributed by atoms with E-state index >= 15 is 0 Å². The molecule has 0 amide bonds.